The number of benzene rings is 2. The molecular formula is C27H39N6NaO3. The number of hydrogen-bond acceptors (Lipinski definition) is 6. The first-order valence-electron chi connectivity index (χ1n) is 12.9. The van der Waals surface area contributed by atoms with Crippen LogP contribution >= 0.6 is 0 Å². The van der Waals surface area contributed by atoms with Crippen LogP contribution in [0.4, 0.5) is 0 Å². The Morgan fingerprint density at radius 3 is 1.95 bits per heavy atom. The molecule has 1 fully saturated rings. The van der Waals surface area contributed by atoms with Gasteiger partial charge in [0.15, 0.2) is 0 Å². The van der Waals surface area contributed by atoms with E-state index in [9.17, 15) is 14.7 Å². The molecule has 10 heteroatoms. The van der Waals surface area contributed by atoms with Gasteiger partial charge in [0.2, 0.25) is 0 Å². The monoisotopic (exact) mass is 518 g/mol. The Bertz CT molecular complexity index is 924. The first kappa shape index (κ1) is 30.9. The second-order valence-corrected chi connectivity index (χ2v) is 9.84. The zero-order valence-electron chi connectivity index (χ0n) is 23.2. The predicted octanol–water partition coefficient (Wildman–Crippen LogP) is 2.88. The molecule has 196 valence electrons. The molecule has 9 nitrogen and oxygen atoms in total. The molecule has 0 radical (unpaired) electrons. The van der Waals surface area contributed by atoms with E-state index >= 15 is 0 Å². The van der Waals surface area contributed by atoms with Gasteiger partial charge in [-0.1, -0.05) is 92.8 Å². The van der Waals surface area contributed by atoms with Crippen LogP contribution in [0.25, 0.3) is 0 Å². The average Bonchev–Trinajstić information content (AvgIpc) is 2.93. The Hall–Kier alpha value is -2.36. The van der Waals surface area contributed by atoms with Crippen molar-refractivity contribution in [2.45, 2.75) is 63.5 Å². The van der Waals surface area contributed by atoms with Crippen molar-refractivity contribution in [3.63, 3.8) is 0 Å². The normalized spacial score (nSPS) is 15.1. The summed E-state index contributed by atoms with van der Waals surface area (Å²) < 4.78 is 0. The van der Waals surface area contributed by atoms with Crippen molar-refractivity contribution in [3.8, 4) is 0 Å². The third-order valence-corrected chi connectivity index (χ3v) is 7.18. The van der Waals surface area contributed by atoms with E-state index in [0.29, 0.717) is 31.8 Å². The predicted molar refractivity (Wildman–Crippen MR) is 144 cm³/mol. The maximum atomic E-state index is 12.2. The van der Waals surface area contributed by atoms with Gasteiger partial charge in [0.1, 0.15) is 0 Å². The Kier molecular flexibility index (Phi) is 14.4. The van der Waals surface area contributed by atoms with Gasteiger partial charge in [-0.25, -0.2) is 0 Å². The molecule has 2 aromatic rings. The van der Waals surface area contributed by atoms with Crippen LogP contribution in [0.5, 0.6) is 0 Å². The second kappa shape index (κ2) is 17.2. The van der Waals surface area contributed by atoms with Crippen LogP contribution < -0.4 is 29.6 Å². The van der Waals surface area contributed by atoms with Gasteiger partial charge >= 0.3 is 29.6 Å². The van der Waals surface area contributed by atoms with Gasteiger partial charge < -0.3 is 1.43 Å². The maximum Gasteiger partial charge on any atom is 1.00 e. The van der Waals surface area contributed by atoms with Crippen LogP contribution in [-0.4, -0.2) is 53.8 Å². The van der Waals surface area contributed by atoms with E-state index in [2.05, 4.69) is 15.9 Å². The van der Waals surface area contributed by atoms with E-state index in [-0.39, 0.29) is 49.6 Å². The molecule has 3 rings (SSSR count). The molecule has 1 aliphatic carbocycles. The van der Waals surface area contributed by atoms with E-state index in [0.717, 1.165) is 30.4 Å². The number of nitrogens with zero attached hydrogens (tertiary/aromatic N) is 6. The zero-order chi connectivity index (χ0) is 25.6. The smallest absolute Gasteiger partial charge is 1.00 e. The van der Waals surface area contributed by atoms with Gasteiger partial charge in [-0.05, 0) is 36.3 Å². The average molecular weight is 519 g/mol. The molecule has 2 atom stereocenters. The third-order valence-electron chi connectivity index (χ3n) is 7.18. The van der Waals surface area contributed by atoms with Crippen LogP contribution in [0.3, 0.4) is 0 Å². The third kappa shape index (κ3) is 10.5. The van der Waals surface area contributed by atoms with Gasteiger partial charge in [-0.2, -0.15) is 0 Å². The minimum atomic E-state index is -0.352. The molecule has 37 heavy (non-hydrogen) atoms. The van der Waals surface area contributed by atoms with E-state index in [1.807, 2.05) is 60.7 Å². The Morgan fingerprint density at radius 1 is 0.784 bits per heavy atom. The van der Waals surface area contributed by atoms with Gasteiger partial charge in [-0.3, -0.25) is 15.0 Å². The molecule has 0 spiro atoms. The largest absolute Gasteiger partial charge is 1.00 e. The van der Waals surface area contributed by atoms with E-state index in [4.69, 9.17) is 0 Å². The summed E-state index contributed by atoms with van der Waals surface area (Å²) in [6.07, 6.45) is 7.83. The molecular weight excluding hydrogens is 479 g/mol. The molecule has 1 aliphatic rings. The fraction of sp³-hybridized carbons (Fsp3) is 0.556. The van der Waals surface area contributed by atoms with Gasteiger partial charge in [0.25, 0.3) is 0 Å². The molecule has 0 aromatic heterocycles. The second-order valence-electron chi connectivity index (χ2n) is 9.84. The molecule has 0 heterocycles. The first-order chi connectivity index (χ1) is 17.6. The molecule has 1 saturated carbocycles. The van der Waals surface area contributed by atoms with Gasteiger partial charge in [-0.15, -0.1) is 14.7 Å². The number of rotatable bonds is 16. The summed E-state index contributed by atoms with van der Waals surface area (Å²) in [5.74, 6) is 0.485. The molecule has 0 unspecified atom stereocenters. The Balaban J connectivity index is 0.00000361. The summed E-state index contributed by atoms with van der Waals surface area (Å²) in [6.45, 7) is 0.978. The summed E-state index contributed by atoms with van der Waals surface area (Å²) >= 11 is 0. The number of hydrogen-bond donors (Lipinski definition) is 0. The van der Waals surface area contributed by atoms with Crippen molar-refractivity contribution in [1.82, 2.24) is 15.0 Å². The van der Waals surface area contributed by atoms with Gasteiger partial charge in [0.05, 0.1) is 41.0 Å². The molecule has 0 N–H and O–H groups in total. The van der Waals surface area contributed by atoms with Crippen molar-refractivity contribution < 1.29 is 31.0 Å². The molecule has 0 amide bonds. The summed E-state index contributed by atoms with van der Waals surface area (Å²) in [4.78, 5) is 35.3. The fourth-order valence-corrected chi connectivity index (χ4v) is 5.23. The fourth-order valence-electron chi connectivity index (χ4n) is 5.23. The summed E-state index contributed by atoms with van der Waals surface area (Å²) in [5, 5.41) is 14.2. The van der Waals surface area contributed by atoms with Crippen molar-refractivity contribution in [1.29, 1.82) is 0 Å². The summed E-state index contributed by atoms with van der Waals surface area (Å²) in [5.41, 5.74) is 2.17. The van der Waals surface area contributed by atoms with E-state index in [1.165, 1.54) is 34.3 Å². The van der Waals surface area contributed by atoms with Crippen LogP contribution in [0, 0.1) is 20.6 Å². The van der Waals surface area contributed by atoms with Crippen LogP contribution in [0.15, 0.2) is 76.5 Å². The van der Waals surface area contributed by atoms with Crippen molar-refractivity contribution in [2.75, 3.05) is 26.7 Å². The standard InChI is InChI=1S/C27H38N6O3.Na.H/c1-31(28-34)21-26(19-24-13-7-3-8-14-24)33(30-36)22-27(20-25-15-9-4-10-16-25)32(29-35)18-17-23-11-5-2-6-12-23;;/h2,4-6,9-12,15-16,24,26-27H,3,7-8,13-14,17-22H2,1H3;;/q;+1;-1/t26-,27+;;/m1../s1. The SMILES string of the molecule is CN(C[C@@H](CC1CCCCC1)N(C[C@H](Cc1ccccc1)N(CCc1ccccc1)N=O)N=O)N=O.[H-].[Na+]. The van der Waals surface area contributed by atoms with E-state index < -0.39 is 0 Å². The van der Waals surface area contributed by atoms with Crippen LogP contribution in [0.2, 0.25) is 0 Å². The van der Waals surface area contributed by atoms with Gasteiger partial charge in [0, 0.05) is 13.6 Å². The zero-order valence-corrected chi connectivity index (χ0v) is 24.2. The quantitative estimate of drug-likeness (QED) is 0.193. The Labute approximate surface area is 243 Å². The minimum absolute atomic E-state index is 0. The first-order valence-corrected chi connectivity index (χ1v) is 12.9. The maximum absolute atomic E-state index is 12.2. The topological polar surface area (TPSA) is 98.0 Å². The summed E-state index contributed by atoms with van der Waals surface area (Å²) in [6, 6.07) is 19.2. The van der Waals surface area contributed by atoms with Crippen LogP contribution in [0.1, 0.15) is 51.1 Å². The molecule has 0 saturated heterocycles. The number of likely N-dealkylation sites (N-methyl/N-ethyl adjacent to an activating group) is 1. The van der Waals surface area contributed by atoms with E-state index in [1.54, 1.807) is 7.05 Å². The molecule has 0 bridgehead atoms. The summed E-state index contributed by atoms with van der Waals surface area (Å²) in [7, 11) is 1.62. The van der Waals surface area contributed by atoms with Crippen molar-refractivity contribution >= 4 is 0 Å². The number of nitroso groups, excluding NO2 is 3. The van der Waals surface area contributed by atoms with Crippen molar-refractivity contribution in [3.05, 3.63) is 86.5 Å². The Morgan fingerprint density at radius 2 is 1.38 bits per heavy atom. The molecule has 2 aromatic carbocycles. The minimum Gasteiger partial charge on any atom is -1.00 e. The van der Waals surface area contributed by atoms with Crippen molar-refractivity contribution in [2.24, 2.45) is 21.8 Å². The molecule has 0 aliphatic heterocycles. The van der Waals surface area contributed by atoms with Crippen LogP contribution in [-0.2, 0) is 12.8 Å².